The van der Waals surface area contributed by atoms with Gasteiger partial charge in [-0.1, -0.05) is 34.6 Å². The number of ketones is 2. The first-order valence-electron chi connectivity index (χ1n) is 13.5. The Bertz CT molecular complexity index is 905. The molecule has 5 aliphatic carbocycles. The summed E-state index contributed by atoms with van der Waals surface area (Å²) in [4.78, 5) is 38.3. The fraction of sp³-hybridized carbons (Fsp3) is 0.897. The maximum absolute atomic E-state index is 12.9. The van der Waals surface area contributed by atoms with Crippen LogP contribution in [0, 0.1) is 56.7 Å². The summed E-state index contributed by atoms with van der Waals surface area (Å²) in [7, 11) is 0. The number of rotatable bonds is 2. The van der Waals surface area contributed by atoms with Crippen LogP contribution in [0.2, 0.25) is 0 Å². The first kappa shape index (κ1) is 23.5. The van der Waals surface area contributed by atoms with Crippen molar-refractivity contribution in [3.63, 3.8) is 0 Å². The number of hydrogen-bond acceptors (Lipinski definition) is 3. The maximum Gasteiger partial charge on any atom is 0.309 e. The fourth-order valence-electron chi connectivity index (χ4n) is 11.2. The van der Waals surface area contributed by atoms with Crippen LogP contribution < -0.4 is 0 Å². The van der Waals surface area contributed by atoms with Crippen LogP contribution in [0.5, 0.6) is 0 Å². The van der Waals surface area contributed by atoms with Crippen molar-refractivity contribution in [2.75, 3.05) is 0 Å². The topological polar surface area (TPSA) is 71.4 Å². The highest BCUT2D eigenvalue weighted by Gasteiger charge is 2.72. The minimum atomic E-state index is -0.704. The van der Waals surface area contributed by atoms with Crippen LogP contribution in [-0.2, 0) is 14.4 Å². The molecule has 0 aromatic rings. The lowest BCUT2D eigenvalue weighted by molar-refractivity contribution is -0.235. The second-order valence-electron chi connectivity index (χ2n) is 14.1. The second kappa shape index (κ2) is 6.94. The zero-order valence-corrected chi connectivity index (χ0v) is 21.6. The van der Waals surface area contributed by atoms with Crippen molar-refractivity contribution in [1.82, 2.24) is 0 Å². The highest BCUT2D eigenvalue weighted by Crippen LogP contribution is 2.77. The Morgan fingerprint density at radius 3 is 2.15 bits per heavy atom. The van der Waals surface area contributed by atoms with Gasteiger partial charge in [0.2, 0.25) is 0 Å². The molecular formula is C29H44O4. The number of carbonyl (C=O) groups is 3. The van der Waals surface area contributed by atoms with Crippen LogP contribution in [0.15, 0.2) is 0 Å². The van der Waals surface area contributed by atoms with Crippen LogP contribution in [0.3, 0.4) is 0 Å². The monoisotopic (exact) mass is 456 g/mol. The minimum absolute atomic E-state index is 0.0149. The summed E-state index contributed by atoms with van der Waals surface area (Å²) in [5, 5.41) is 10.4. The normalized spacial score (nSPS) is 52.8. The highest BCUT2D eigenvalue weighted by atomic mass is 16.4. The summed E-state index contributed by atoms with van der Waals surface area (Å²) in [5.41, 5.74) is -0.606. The lowest BCUT2D eigenvalue weighted by Crippen LogP contribution is -2.66. The smallest absolute Gasteiger partial charge is 0.309 e. The third kappa shape index (κ3) is 2.67. The lowest BCUT2D eigenvalue weighted by atomic mass is 9.32. The van der Waals surface area contributed by atoms with Gasteiger partial charge in [-0.25, -0.2) is 0 Å². The summed E-state index contributed by atoms with van der Waals surface area (Å²) in [5.74, 6) is 1.17. The number of hydrogen-bond donors (Lipinski definition) is 1. The van der Waals surface area contributed by atoms with Gasteiger partial charge in [0.05, 0.1) is 5.41 Å². The van der Waals surface area contributed by atoms with E-state index in [0.29, 0.717) is 36.4 Å². The molecule has 184 valence electrons. The molecule has 0 aromatic heterocycles. The van der Waals surface area contributed by atoms with Crippen molar-refractivity contribution >= 4 is 17.5 Å². The Balaban J connectivity index is 1.57. The lowest BCUT2D eigenvalue weighted by Gasteiger charge is -2.72. The van der Waals surface area contributed by atoms with Crippen molar-refractivity contribution in [1.29, 1.82) is 0 Å². The van der Waals surface area contributed by atoms with Gasteiger partial charge in [-0.05, 0) is 105 Å². The molecule has 0 unspecified atom stereocenters. The van der Waals surface area contributed by atoms with Crippen LogP contribution in [0.4, 0.5) is 0 Å². The Morgan fingerprint density at radius 2 is 1.52 bits per heavy atom. The van der Waals surface area contributed by atoms with Gasteiger partial charge in [0.25, 0.3) is 0 Å². The van der Waals surface area contributed by atoms with Gasteiger partial charge in [0, 0.05) is 17.8 Å². The molecule has 1 N–H and O–H groups in total. The third-order valence-corrected chi connectivity index (χ3v) is 13.1. The number of carboxylic acid groups (broad SMARTS) is 1. The fourth-order valence-corrected chi connectivity index (χ4v) is 11.2. The Hall–Kier alpha value is -1.19. The van der Waals surface area contributed by atoms with Crippen LogP contribution >= 0.6 is 0 Å². The van der Waals surface area contributed by atoms with Gasteiger partial charge in [-0.15, -0.1) is 0 Å². The number of fused-ring (bicyclic) bond motifs is 7. The Morgan fingerprint density at radius 1 is 0.818 bits per heavy atom. The molecule has 5 saturated carbocycles. The average Bonchev–Trinajstić information content (AvgIpc) is 3.13. The molecule has 0 amide bonds. The molecule has 4 nitrogen and oxygen atoms in total. The van der Waals surface area contributed by atoms with Crippen molar-refractivity contribution < 1.29 is 19.5 Å². The Labute approximate surface area is 199 Å². The zero-order chi connectivity index (χ0) is 24.2. The number of Topliss-reactive ketones (excluding diaryl/α,β-unsaturated/α-hetero) is 2. The van der Waals surface area contributed by atoms with Gasteiger partial charge in [0.1, 0.15) is 11.6 Å². The molecule has 0 heterocycles. The van der Waals surface area contributed by atoms with Crippen molar-refractivity contribution in [3.05, 3.63) is 0 Å². The minimum Gasteiger partial charge on any atom is -0.481 e. The standard InChI is InChI=1S/C29H44O4/c1-17(30)18-9-14-29(24(32)33)16-15-27(5)19(23(18)29)7-8-21-26(4)12-11-22(31)25(2,3)20(26)10-13-28(21,27)6/h18-21,23H,7-16H2,1-6H3,(H,32,33)/t18-,19+,20-,21+,23+,26-,27+,28+,29-/m0/s1. The number of aliphatic carboxylic acids is 1. The van der Waals surface area contributed by atoms with E-state index < -0.39 is 11.4 Å². The maximum atomic E-state index is 12.9. The van der Waals surface area contributed by atoms with Crippen molar-refractivity contribution in [2.24, 2.45) is 56.7 Å². The van der Waals surface area contributed by atoms with E-state index >= 15 is 0 Å². The second-order valence-corrected chi connectivity index (χ2v) is 14.1. The van der Waals surface area contributed by atoms with E-state index in [2.05, 4.69) is 34.6 Å². The molecule has 0 aromatic carbocycles. The number of carboxylic acids is 1. The predicted octanol–water partition coefficient (Wildman–Crippen LogP) is 6.31. The summed E-state index contributed by atoms with van der Waals surface area (Å²) >= 11 is 0. The van der Waals surface area contributed by atoms with E-state index in [1.807, 2.05) is 0 Å². The molecule has 0 aliphatic heterocycles. The van der Waals surface area contributed by atoms with Crippen LogP contribution in [0.25, 0.3) is 0 Å². The van der Waals surface area contributed by atoms with E-state index in [1.54, 1.807) is 6.92 Å². The SMILES string of the molecule is CC(=O)[C@@H]1CC[C@]2(C(=O)O)CC[C@]3(C)[C@H](CC[C@@H]4[C@@]5(C)CCC(=O)C(C)(C)[C@@H]5CC[C@]43C)[C@@H]12. The van der Waals surface area contributed by atoms with E-state index in [9.17, 15) is 19.5 Å². The van der Waals surface area contributed by atoms with Crippen LogP contribution in [0.1, 0.15) is 106 Å². The molecular weight excluding hydrogens is 412 g/mol. The van der Waals surface area contributed by atoms with Gasteiger partial charge in [0.15, 0.2) is 0 Å². The molecule has 5 aliphatic rings. The molecule has 9 atom stereocenters. The first-order chi connectivity index (χ1) is 15.3. The molecule has 0 spiro atoms. The highest BCUT2D eigenvalue weighted by molar-refractivity contribution is 5.85. The molecule has 33 heavy (non-hydrogen) atoms. The third-order valence-electron chi connectivity index (χ3n) is 13.1. The molecule has 5 rings (SSSR count). The van der Waals surface area contributed by atoms with Gasteiger partial charge < -0.3 is 5.11 Å². The molecule has 0 bridgehead atoms. The first-order valence-corrected chi connectivity index (χ1v) is 13.5. The molecule has 0 saturated heterocycles. The summed E-state index contributed by atoms with van der Waals surface area (Å²) in [6.45, 7) is 13.5. The van der Waals surface area contributed by atoms with Gasteiger partial charge in [-0.3, -0.25) is 14.4 Å². The van der Waals surface area contributed by atoms with Gasteiger partial charge in [-0.2, -0.15) is 0 Å². The molecule has 0 radical (unpaired) electrons. The summed E-state index contributed by atoms with van der Waals surface area (Å²) in [6.07, 6.45) is 9.16. The van der Waals surface area contributed by atoms with E-state index in [1.165, 1.54) is 0 Å². The van der Waals surface area contributed by atoms with Crippen molar-refractivity contribution in [3.8, 4) is 0 Å². The van der Waals surface area contributed by atoms with Crippen LogP contribution in [-0.4, -0.2) is 22.6 Å². The van der Waals surface area contributed by atoms with E-state index in [4.69, 9.17) is 0 Å². The van der Waals surface area contributed by atoms with E-state index in [0.717, 1.165) is 51.4 Å². The van der Waals surface area contributed by atoms with Gasteiger partial charge >= 0.3 is 5.97 Å². The largest absolute Gasteiger partial charge is 0.481 e. The van der Waals surface area contributed by atoms with Crippen molar-refractivity contribution in [2.45, 2.75) is 106 Å². The van der Waals surface area contributed by atoms with E-state index in [-0.39, 0.29) is 39.3 Å². The quantitative estimate of drug-likeness (QED) is 0.528. The predicted molar refractivity (Wildman–Crippen MR) is 127 cm³/mol. The average molecular weight is 457 g/mol. The molecule has 5 fully saturated rings. The summed E-state index contributed by atoms with van der Waals surface area (Å²) in [6, 6.07) is 0. The summed E-state index contributed by atoms with van der Waals surface area (Å²) < 4.78 is 0. The Kier molecular flexibility index (Phi) is 4.95. The number of carbonyl (C=O) groups excluding carboxylic acids is 2. The molecule has 4 heteroatoms. The zero-order valence-electron chi connectivity index (χ0n) is 21.6.